The minimum absolute atomic E-state index is 0.000694. The van der Waals surface area contributed by atoms with Crippen molar-refractivity contribution in [1.29, 1.82) is 0 Å². The Kier molecular flexibility index (Phi) is 2.80. The Morgan fingerprint density at radius 2 is 2.22 bits per heavy atom. The van der Waals surface area contributed by atoms with Crippen molar-refractivity contribution in [3.8, 4) is 5.75 Å². The van der Waals surface area contributed by atoms with Crippen LogP contribution in [-0.2, 0) is 0 Å². The van der Waals surface area contributed by atoms with E-state index in [1.54, 1.807) is 6.07 Å². The molecule has 1 heterocycles. The zero-order chi connectivity index (χ0) is 13.3. The summed E-state index contributed by atoms with van der Waals surface area (Å²) in [6.45, 7) is 0. The van der Waals surface area contributed by atoms with Crippen LogP contribution in [0.25, 0.3) is 10.9 Å². The number of carboxylic acid groups (broad SMARTS) is 1. The van der Waals surface area contributed by atoms with Crippen molar-refractivity contribution < 1.29 is 19.6 Å². The number of hydrogen-bond donors (Lipinski definition) is 1. The van der Waals surface area contributed by atoms with E-state index in [4.69, 9.17) is 9.84 Å². The molecular weight excluding hydrogens is 240 g/mol. The molecule has 7 heteroatoms. The van der Waals surface area contributed by atoms with Gasteiger partial charge in [0.2, 0.25) is 0 Å². The fourth-order valence-corrected chi connectivity index (χ4v) is 1.63. The van der Waals surface area contributed by atoms with Gasteiger partial charge in [0.15, 0.2) is 11.2 Å². The molecule has 0 aliphatic heterocycles. The Balaban J connectivity index is 2.88. The van der Waals surface area contributed by atoms with E-state index < -0.39 is 10.9 Å². The highest BCUT2D eigenvalue weighted by atomic mass is 16.6. The van der Waals surface area contributed by atoms with Gasteiger partial charge in [0.1, 0.15) is 5.75 Å². The first-order valence-corrected chi connectivity index (χ1v) is 4.90. The van der Waals surface area contributed by atoms with E-state index in [-0.39, 0.29) is 22.6 Å². The Bertz CT molecular complexity index is 653. The molecule has 0 fully saturated rings. The Morgan fingerprint density at radius 3 is 2.78 bits per heavy atom. The van der Waals surface area contributed by atoms with Crippen LogP contribution in [0, 0.1) is 10.1 Å². The minimum atomic E-state index is -1.27. The van der Waals surface area contributed by atoms with E-state index in [2.05, 4.69) is 4.98 Å². The number of aromatic nitrogens is 1. The lowest BCUT2D eigenvalue weighted by atomic mass is 10.1. The molecule has 0 unspecified atom stereocenters. The van der Waals surface area contributed by atoms with Gasteiger partial charge in [0.05, 0.1) is 12.0 Å². The summed E-state index contributed by atoms with van der Waals surface area (Å²) in [6.07, 6.45) is 0. The number of methoxy groups -OCH3 is 1. The molecular formula is C11H8N2O5. The van der Waals surface area contributed by atoms with Crippen LogP contribution in [0.4, 0.5) is 5.69 Å². The normalized spacial score (nSPS) is 10.3. The van der Waals surface area contributed by atoms with Gasteiger partial charge >= 0.3 is 5.97 Å². The predicted molar refractivity (Wildman–Crippen MR) is 61.9 cm³/mol. The third-order valence-corrected chi connectivity index (χ3v) is 2.42. The number of ether oxygens (including phenoxy) is 1. The van der Waals surface area contributed by atoms with Gasteiger partial charge in [-0.1, -0.05) is 6.07 Å². The minimum Gasteiger partial charge on any atom is -0.496 e. The first kappa shape index (κ1) is 11.8. The van der Waals surface area contributed by atoms with Crippen LogP contribution in [-0.4, -0.2) is 28.1 Å². The van der Waals surface area contributed by atoms with Crippen LogP contribution in [0.15, 0.2) is 24.3 Å². The van der Waals surface area contributed by atoms with Crippen molar-refractivity contribution in [3.05, 3.63) is 40.1 Å². The fourth-order valence-electron chi connectivity index (χ4n) is 1.63. The van der Waals surface area contributed by atoms with Gasteiger partial charge in [-0.3, -0.25) is 10.1 Å². The Labute approximate surface area is 101 Å². The Hall–Kier alpha value is -2.70. The van der Waals surface area contributed by atoms with Crippen molar-refractivity contribution in [2.24, 2.45) is 0 Å². The molecule has 0 aliphatic rings. The highest BCUT2D eigenvalue weighted by Gasteiger charge is 2.18. The number of para-hydroxylation sites is 1. The van der Waals surface area contributed by atoms with E-state index in [1.807, 2.05) is 0 Å². The quantitative estimate of drug-likeness (QED) is 0.656. The highest BCUT2D eigenvalue weighted by Crippen LogP contribution is 2.31. The largest absolute Gasteiger partial charge is 0.496 e. The molecule has 92 valence electrons. The molecule has 0 spiro atoms. The van der Waals surface area contributed by atoms with E-state index in [0.717, 1.165) is 0 Å². The summed E-state index contributed by atoms with van der Waals surface area (Å²) in [5, 5.41) is 20.2. The number of pyridine rings is 1. The van der Waals surface area contributed by atoms with Crippen molar-refractivity contribution in [2.45, 2.75) is 0 Å². The maximum Gasteiger partial charge on any atom is 0.354 e. The van der Waals surface area contributed by atoms with E-state index in [9.17, 15) is 14.9 Å². The van der Waals surface area contributed by atoms with E-state index in [0.29, 0.717) is 5.39 Å². The van der Waals surface area contributed by atoms with E-state index in [1.165, 1.54) is 25.3 Å². The molecule has 0 aliphatic carbocycles. The van der Waals surface area contributed by atoms with Gasteiger partial charge in [0.25, 0.3) is 5.69 Å². The molecule has 2 rings (SSSR count). The summed E-state index contributed by atoms with van der Waals surface area (Å²) in [6, 6.07) is 5.57. The fraction of sp³-hybridized carbons (Fsp3) is 0.0909. The number of nitrogens with zero attached hydrogens (tertiary/aromatic N) is 2. The van der Waals surface area contributed by atoms with Crippen LogP contribution in [0.3, 0.4) is 0 Å². The van der Waals surface area contributed by atoms with Gasteiger partial charge in [-0.05, 0) is 6.07 Å². The number of carboxylic acids is 1. The smallest absolute Gasteiger partial charge is 0.354 e. The molecule has 1 N–H and O–H groups in total. The molecule has 18 heavy (non-hydrogen) atoms. The molecule has 0 bridgehead atoms. The number of fused-ring (bicyclic) bond motifs is 1. The standard InChI is InChI=1S/C11H8N2O5/c1-18-9-5-7(11(14)15)12-10-6(9)3-2-4-8(10)13(16)17/h2-5H,1H3,(H,14,15). The number of nitro benzene ring substituents is 1. The summed E-state index contributed by atoms with van der Waals surface area (Å²) in [4.78, 5) is 25.0. The number of hydrogen-bond acceptors (Lipinski definition) is 5. The molecule has 1 aromatic carbocycles. The Morgan fingerprint density at radius 1 is 1.50 bits per heavy atom. The second-order valence-electron chi connectivity index (χ2n) is 3.45. The SMILES string of the molecule is COc1cc(C(=O)O)nc2c([N+](=O)[O-])cccc12. The zero-order valence-corrected chi connectivity index (χ0v) is 9.28. The number of nitro groups is 1. The van der Waals surface area contributed by atoms with Crippen molar-refractivity contribution in [3.63, 3.8) is 0 Å². The van der Waals surface area contributed by atoms with Gasteiger partial charge in [-0.15, -0.1) is 0 Å². The maximum absolute atomic E-state index is 10.9. The van der Waals surface area contributed by atoms with Crippen LogP contribution in [0.1, 0.15) is 10.5 Å². The molecule has 0 atom stereocenters. The molecule has 0 radical (unpaired) electrons. The van der Waals surface area contributed by atoms with Crippen molar-refractivity contribution >= 4 is 22.6 Å². The van der Waals surface area contributed by atoms with Crippen molar-refractivity contribution in [1.82, 2.24) is 4.98 Å². The summed E-state index contributed by atoms with van der Waals surface area (Å²) < 4.78 is 5.03. The van der Waals surface area contributed by atoms with Crippen LogP contribution in [0.5, 0.6) is 5.75 Å². The maximum atomic E-state index is 10.9. The van der Waals surface area contributed by atoms with Gasteiger partial charge in [-0.2, -0.15) is 0 Å². The average molecular weight is 248 g/mol. The van der Waals surface area contributed by atoms with Gasteiger partial charge in [0, 0.05) is 17.5 Å². The number of carbonyl (C=O) groups is 1. The summed E-state index contributed by atoms with van der Waals surface area (Å²) in [7, 11) is 1.36. The molecule has 0 saturated heterocycles. The molecule has 2 aromatic rings. The topological polar surface area (TPSA) is 103 Å². The molecule has 0 saturated carbocycles. The average Bonchev–Trinajstić information content (AvgIpc) is 2.36. The first-order chi connectivity index (χ1) is 8.54. The van der Waals surface area contributed by atoms with Crippen molar-refractivity contribution in [2.75, 3.05) is 7.11 Å². The lowest BCUT2D eigenvalue weighted by molar-refractivity contribution is -0.383. The monoisotopic (exact) mass is 248 g/mol. The van der Waals surface area contributed by atoms with Gasteiger partial charge < -0.3 is 9.84 Å². The zero-order valence-electron chi connectivity index (χ0n) is 9.28. The molecule has 1 aromatic heterocycles. The van der Waals surface area contributed by atoms with Gasteiger partial charge in [-0.25, -0.2) is 9.78 Å². The lowest BCUT2D eigenvalue weighted by Gasteiger charge is -2.06. The first-order valence-electron chi connectivity index (χ1n) is 4.90. The van der Waals surface area contributed by atoms with Crippen LogP contribution >= 0.6 is 0 Å². The summed E-state index contributed by atoms with van der Waals surface area (Å²) in [5.41, 5.74) is -0.554. The van der Waals surface area contributed by atoms with E-state index >= 15 is 0 Å². The number of aromatic carboxylic acids is 1. The second-order valence-corrected chi connectivity index (χ2v) is 3.45. The molecule has 7 nitrogen and oxygen atoms in total. The third kappa shape index (κ3) is 1.81. The number of rotatable bonds is 3. The number of benzene rings is 1. The highest BCUT2D eigenvalue weighted by molar-refractivity contribution is 5.96. The van der Waals surface area contributed by atoms with Crippen LogP contribution in [0.2, 0.25) is 0 Å². The summed E-state index contributed by atoms with van der Waals surface area (Å²) >= 11 is 0. The van der Waals surface area contributed by atoms with Crippen LogP contribution < -0.4 is 4.74 Å². The molecule has 0 amide bonds. The summed E-state index contributed by atoms with van der Waals surface area (Å²) in [5.74, 6) is -1.03. The number of non-ortho nitro benzene ring substituents is 1. The second kappa shape index (κ2) is 4.28. The predicted octanol–water partition coefficient (Wildman–Crippen LogP) is 1.85. The lowest BCUT2D eigenvalue weighted by Crippen LogP contribution is -2.03. The third-order valence-electron chi connectivity index (χ3n) is 2.42.